The van der Waals surface area contributed by atoms with E-state index >= 15 is 0 Å². The summed E-state index contributed by atoms with van der Waals surface area (Å²) in [4.78, 5) is 20.3. The van der Waals surface area contributed by atoms with E-state index in [-0.39, 0.29) is 12.5 Å². The molecule has 150 valence electrons. The monoisotopic (exact) mass is 399 g/mol. The third-order valence-corrected chi connectivity index (χ3v) is 4.77. The lowest BCUT2D eigenvalue weighted by Crippen LogP contribution is -2.11. The number of H-pyrrole nitrogens is 1. The molecule has 0 radical (unpaired) electrons. The van der Waals surface area contributed by atoms with Crippen LogP contribution in [0.5, 0.6) is 5.75 Å². The molecule has 0 saturated carbocycles. The Balaban J connectivity index is 1.51. The number of methoxy groups -OCH3 is 1. The summed E-state index contributed by atoms with van der Waals surface area (Å²) >= 11 is 0. The summed E-state index contributed by atoms with van der Waals surface area (Å²) in [5.41, 5.74) is 4.70. The number of nitrogens with one attached hydrogen (secondary N) is 2. The summed E-state index contributed by atoms with van der Waals surface area (Å²) in [5.74, 6) is 1.34. The van der Waals surface area contributed by atoms with E-state index in [0.29, 0.717) is 11.3 Å². The summed E-state index contributed by atoms with van der Waals surface area (Å²) in [6.45, 7) is -0.0490. The number of carbonyl (C=O) groups excluding carboxylic acids is 1. The molecule has 0 aliphatic rings. The van der Waals surface area contributed by atoms with E-state index in [1.165, 1.54) is 0 Å². The van der Waals surface area contributed by atoms with E-state index in [0.717, 1.165) is 34.0 Å². The Hall–Kier alpha value is -3.90. The second-order valence-corrected chi connectivity index (χ2v) is 6.76. The van der Waals surface area contributed by atoms with Gasteiger partial charge in [-0.05, 0) is 54.1 Å². The smallest absolute Gasteiger partial charge is 0.255 e. The summed E-state index contributed by atoms with van der Waals surface area (Å²) in [6, 6.07) is 22.1. The Bertz CT molecular complexity index is 1150. The van der Waals surface area contributed by atoms with Crippen LogP contribution in [0.25, 0.3) is 22.6 Å². The van der Waals surface area contributed by atoms with E-state index in [2.05, 4.69) is 15.3 Å². The molecule has 1 heterocycles. The van der Waals surface area contributed by atoms with Crippen LogP contribution in [0.3, 0.4) is 0 Å². The third-order valence-electron chi connectivity index (χ3n) is 4.77. The number of hydrogen-bond donors (Lipinski definition) is 3. The van der Waals surface area contributed by atoms with Crippen LogP contribution in [0.1, 0.15) is 15.9 Å². The number of ether oxygens (including phenoxy) is 1. The Labute approximate surface area is 174 Å². The van der Waals surface area contributed by atoms with Crippen LogP contribution >= 0.6 is 0 Å². The molecule has 0 bridgehead atoms. The first-order valence-electron chi connectivity index (χ1n) is 9.47. The Morgan fingerprint density at radius 1 is 1.03 bits per heavy atom. The number of nitrogens with zero attached hydrogens (tertiary/aromatic N) is 1. The number of anilines is 1. The van der Waals surface area contributed by atoms with Crippen LogP contribution < -0.4 is 10.1 Å². The van der Waals surface area contributed by atoms with Gasteiger partial charge in [0.1, 0.15) is 11.6 Å². The van der Waals surface area contributed by atoms with E-state index in [4.69, 9.17) is 9.84 Å². The van der Waals surface area contributed by atoms with Gasteiger partial charge in [0.05, 0.1) is 25.6 Å². The van der Waals surface area contributed by atoms with Crippen molar-refractivity contribution in [2.45, 2.75) is 6.61 Å². The Morgan fingerprint density at radius 2 is 1.80 bits per heavy atom. The molecule has 4 aromatic rings. The summed E-state index contributed by atoms with van der Waals surface area (Å²) in [5, 5.41) is 12.0. The molecule has 0 spiro atoms. The number of imidazole rings is 1. The number of benzene rings is 3. The first-order chi connectivity index (χ1) is 14.7. The van der Waals surface area contributed by atoms with Crippen molar-refractivity contribution in [3.63, 3.8) is 0 Å². The fraction of sp³-hybridized carbons (Fsp3) is 0.0833. The molecule has 1 aromatic heterocycles. The first-order valence-corrected chi connectivity index (χ1v) is 9.47. The number of aromatic amines is 1. The molecule has 3 aromatic carbocycles. The lowest BCUT2D eigenvalue weighted by Gasteiger charge is -2.07. The van der Waals surface area contributed by atoms with Crippen molar-refractivity contribution in [3.8, 4) is 28.4 Å². The van der Waals surface area contributed by atoms with Crippen LogP contribution in [0, 0.1) is 0 Å². The van der Waals surface area contributed by atoms with Crippen molar-refractivity contribution in [1.82, 2.24) is 9.97 Å². The molecular formula is C24H21N3O3. The first kappa shape index (κ1) is 19.4. The zero-order valence-electron chi connectivity index (χ0n) is 16.4. The molecule has 0 saturated heterocycles. The molecule has 4 rings (SSSR count). The molecule has 6 nitrogen and oxygen atoms in total. The minimum Gasteiger partial charge on any atom is -0.497 e. The highest BCUT2D eigenvalue weighted by Crippen LogP contribution is 2.25. The highest BCUT2D eigenvalue weighted by Gasteiger charge is 2.09. The van der Waals surface area contributed by atoms with Gasteiger partial charge in [-0.2, -0.15) is 0 Å². The zero-order valence-corrected chi connectivity index (χ0v) is 16.4. The van der Waals surface area contributed by atoms with Crippen molar-refractivity contribution in [2.75, 3.05) is 12.4 Å². The van der Waals surface area contributed by atoms with Gasteiger partial charge < -0.3 is 20.1 Å². The SMILES string of the molecule is COc1ccc(-c2ncc(-c3cccc(NC(=O)c4ccc(CO)cc4)c3)[nH]2)cc1. The number of aromatic nitrogens is 2. The van der Waals surface area contributed by atoms with Gasteiger partial charge in [0, 0.05) is 22.4 Å². The van der Waals surface area contributed by atoms with Gasteiger partial charge in [-0.1, -0.05) is 24.3 Å². The number of rotatable bonds is 6. The third kappa shape index (κ3) is 4.24. The highest BCUT2D eigenvalue weighted by atomic mass is 16.5. The molecule has 1 amide bonds. The maximum atomic E-state index is 12.5. The minimum atomic E-state index is -0.208. The normalized spacial score (nSPS) is 10.6. The van der Waals surface area contributed by atoms with Crippen LogP contribution in [-0.2, 0) is 6.61 Å². The maximum absolute atomic E-state index is 12.5. The van der Waals surface area contributed by atoms with Crippen LogP contribution in [0.15, 0.2) is 79.0 Å². The second-order valence-electron chi connectivity index (χ2n) is 6.76. The van der Waals surface area contributed by atoms with E-state index < -0.39 is 0 Å². The van der Waals surface area contributed by atoms with E-state index in [9.17, 15) is 4.79 Å². The largest absolute Gasteiger partial charge is 0.497 e. The van der Waals surface area contributed by atoms with Gasteiger partial charge in [-0.3, -0.25) is 4.79 Å². The molecule has 0 fully saturated rings. The lowest BCUT2D eigenvalue weighted by molar-refractivity contribution is 0.102. The minimum absolute atomic E-state index is 0.0490. The maximum Gasteiger partial charge on any atom is 0.255 e. The van der Waals surface area contributed by atoms with Crippen LogP contribution in [0.2, 0.25) is 0 Å². The van der Waals surface area contributed by atoms with Gasteiger partial charge >= 0.3 is 0 Å². The van der Waals surface area contributed by atoms with E-state index in [1.54, 1.807) is 37.6 Å². The summed E-state index contributed by atoms with van der Waals surface area (Å²) in [7, 11) is 1.63. The molecule has 0 aliphatic heterocycles. The lowest BCUT2D eigenvalue weighted by atomic mass is 10.1. The number of hydrogen-bond acceptors (Lipinski definition) is 4. The van der Waals surface area contributed by atoms with Crippen molar-refractivity contribution in [3.05, 3.63) is 90.1 Å². The molecule has 3 N–H and O–H groups in total. The molecule has 0 unspecified atom stereocenters. The van der Waals surface area contributed by atoms with Gasteiger partial charge in [0.25, 0.3) is 5.91 Å². The van der Waals surface area contributed by atoms with Gasteiger partial charge in [-0.15, -0.1) is 0 Å². The zero-order chi connectivity index (χ0) is 20.9. The Kier molecular flexibility index (Phi) is 5.59. The van der Waals surface area contributed by atoms with Crippen molar-refractivity contribution >= 4 is 11.6 Å². The van der Waals surface area contributed by atoms with Gasteiger partial charge in [0.2, 0.25) is 0 Å². The Morgan fingerprint density at radius 3 is 2.50 bits per heavy atom. The second kappa shape index (κ2) is 8.63. The number of carbonyl (C=O) groups is 1. The quantitative estimate of drug-likeness (QED) is 0.446. The molecule has 0 aliphatic carbocycles. The fourth-order valence-electron chi connectivity index (χ4n) is 3.09. The van der Waals surface area contributed by atoms with Crippen LogP contribution in [0.4, 0.5) is 5.69 Å². The summed E-state index contributed by atoms with van der Waals surface area (Å²) < 4.78 is 5.19. The summed E-state index contributed by atoms with van der Waals surface area (Å²) in [6.07, 6.45) is 1.77. The molecule has 6 heteroatoms. The van der Waals surface area contributed by atoms with Crippen LogP contribution in [-0.4, -0.2) is 28.1 Å². The predicted octanol–water partition coefficient (Wildman–Crippen LogP) is 4.50. The number of amides is 1. The molecule has 0 atom stereocenters. The van der Waals surface area contributed by atoms with Gasteiger partial charge in [0.15, 0.2) is 0 Å². The fourth-order valence-corrected chi connectivity index (χ4v) is 3.09. The van der Waals surface area contributed by atoms with E-state index in [1.807, 2.05) is 48.5 Å². The predicted molar refractivity (Wildman–Crippen MR) is 116 cm³/mol. The average Bonchev–Trinajstić information content (AvgIpc) is 3.30. The molecular weight excluding hydrogens is 378 g/mol. The average molecular weight is 399 g/mol. The standard InChI is InChI=1S/C24H21N3O3/c1-30-21-11-9-17(10-12-21)23-25-14-22(27-23)19-3-2-4-20(13-19)26-24(29)18-7-5-16(15-28)6-8-18/h2-14,28H,15H2,1H3,(H,25,27)(H,26,29). The van der Waals surface area contributed by atoms with Gasteiger partial charge in [-0.25, -0.2) is 4.98 Å². The van der Waals surface area contributed by atoms with Crippen molar-refractivity contribution < 1.29 is 14.6 Å². The van der Waals surface area contributed by atoms with Crippen molar-refractivity contribution in [1.29, 1.82) is 0 Å². The van der Waals surface area contributed by atoms with Crippen molar-refractivity contribution in [2.24, 2.45) is 0 Å². The number of aliphatic hydroxyl groups is 1. The molecule has 30 heavy (non-hydrogen) atoms. The number of aliphatic hydroxyl groups excluding tert-OH is 1. The highest BCUT2D eigenvalue weighted by molar-refractivity contribution is 6.04. The topological polar surface area (TPSA) is 87.2 Å².